The average molecular weight is 745 g/mol. The molecule has 0 spiro atoms. The summed E-state index contributed by atoms with van der Waals surface area (Å²) in [4.78, 5) is 4.65. The monoisotopic (exact) mass is 744 g/mol. The largest absolute Gasteiger partial charge is 0.509 e. The van der Waals surface area contributed by atoms with Gasteiger partial charge in [-0.1, -0.05) is 69.6 Å². The normalized spacial score (nSPS) is 20.5. The molecule has 43 heavy (non-hydrogen) atoms. The van der Waals surface area contributed by atoms with Crippen molar-refractivity contribution in [3.8, 4) is 17.3 Å². The summed E-state index contributed by atoms with van der Waals surface area (Å²) < 4.78 is 10.2. The van der Waals surface area contributed by atoms with Crippen molar-refractivity contribution in [2.75, 3.05) is 13.7 Å². The van der Waals surface area contributed by atoms with E-state index in [-0.39, 0.29) is 26.5 Å². The van der Waals surface area contributed by atoms with E-state index in [0.717, 1.165) is 50.0 Å². The molecule has 5 nitrogen and oxygen atoms in total. The van der Waals surface area contributed by atoms with Gasteiger partial charge < -0.3 is 18.3 Å². The SMILES string of the molecule is Cc1cc(Oc2[c-]c3c(cc2)c2ccccc2n3-c2ccccn2)[c-]c([N@@+]23[CH-][N@@+](C)(C2)c2cc(C(C)(C)C)ccc23)c1.[Pt]. The molecule has 0 aliphatic carbocycles. The van der Waals surface area contributed by atoms with Crippen LogP contribution in [-0.4, -0.2) is 23.3 Å². The van der Waals surface area contributed by atoms with Crippen LogP contribution < -0.4 is 13.7 Å². The molecule has 3 aliphatic heterocycles. The van der Waals surface area contributed by atoms with Crippen LogP contribution in [0.2, 0.25) is 0 Å². The maximum absolute atomic E-state index is 6.52. The zero-order chi connectivity index (χ0) is 28.9. The second kappa shape index (κ2) is 9.62. The van der Waals surface area contributed by atoms with Crippen molar-refractivity contribution >= 4 is 38.9 Å². The molecule has 6 aromatic rings. The molecule has 1 saturated heterocycles. The van der Waals surface area contributed by atoms with Crippen molar-refractivity contribution in [1.29, 1.82) is 0 Å². The zero-order valence-electron chi connectivity index (χ0n) is 25.0. The molecular formula is C37H33N4OPt-. The van der Waals surface area contributed by atoms with Gasteiger partial charge in [-0.05, 0) is 34.6 Å². The average Bonchev–Trinajstić information content (AvgIpc) is 3.51. The van der Waals surface area contributed by atoms with Gasteiger partial charge in [-0.3, -0.25) is 0 Å². The van der Waals surface area contributed by atoms with Gasteiger partial charge in [-0.25, -0.2) is 4.98 Å². The van der Waals surface area contributed by atoms with Crippen LogP contribution in [0.3, 0.4) is 0 Å². The number of pyridine rings is 1. The minimum Gasteiger partial charge on any atom is -0.509 e. The number of para-hydroxylation sites is 1. The Kier molecular flexibility index (Phi) is 6.27. The summed E-state index contributed by atoms with van der Waals surface area (Å²) in [6.07, 6.45) is 1.82. The van der Waals surface area contributed by atoms with Gasteiger partial charge in [0.1, 0.15) is 5.82 Å². The molecule has 2 aromatic heterocycles. The van der Waals surface area contributed by atoms with Gasteiger partial charge in [0.05, 0.1) is 13.7 Å². The molecule has 4 aromatic carbocycles. The summed E-state index contributed by atoms with van der Waals surface area (Å²) in [6, 6.07) is 37.0. The standard InChI is InChI=1S/C37H33N4O.Pt/c1-25-18-27(41-23-40(5,24-41)35-20-26(37(2,3)4)13-16-34(35)41)21-29(19-25)42-28-14-15-31-30-10-6-7-11-32(30)39(33(31)22-28)36-12-8-9-17-38-36;/h6-20,23H,24H2,1-5H3;/q-1;/t40-,41+;/m0./s1. The third-order valence-corrected chi connectivity index (χ3v) is 8.85. The smallest absolute Gasteiger partial charge is 0.179 e. The van der Waals surface area contributed by atoms with Crippen molar-refractivity contribution in [1.82, 2.24) is 18.5 Å². The Hall–Kier alpha value is -3.76. The molecule has 1 fully saturated rings. The first-order chi connectivity index (χ1) is 20.1. The van der Waals surface area contributed by atoms with Crippen LogP contribution in [-0.2, 0) is 26.5 Å². The van der Waals surface area contributed by atoms with Gasteiger partial charge in [0, 0.05) is 62.1 Å². The van der Waals surface area contributed by atoms with Crippen LogP contribution in [0, 0.1) is 25.7 Å². The van der Waals surface area contributed by atoms with Crippen molar-refractivity contribution in [2.24, 2.45) is 0 Å². The van der Waals surface area contributed by atoms with E-state index in [9.17, 15) is 0 Å². The Morgan fingerprint density at radius 3 is 2.42 bits per heavy atom. The summed E-state index contributed by atoms with van der Waals surface area (Å²) in [7, 11) is 2.30. The summed E-state index contributed by atoms with van der Waals surface area (Å²) in [5.74, 6) is 2.21. The maximum Gasteiger partial charge on any atom is 0.179 e. The molecule has 0 N–H and O–H groups in total. The summed E-state index contributed by atoms with van der Waals surface area (Å²) >= 11 is 0. The molecule has 2 atom stereocenters. The minimum absolute atomic E-state index is 0. The van der Waals surface area contributed by atoms with E-state index >= 15 is 0 Å². The molecule has 0 amide bonds. The number of aromatic nitrogens is 2. The van der Waals surface area contributed by atoms with Crippen molar-refractivity contribution < 1.29 is 25.8 Å². The molecule has 0 saturated carbocycles. The van der Waals surface area contributed by atoms with Gasteiger partial charge in [0.25, 0.3) is 0 Å². The van der Waals surface area contributed by atoms with Crippen molar-refractivity contribution in [3.05, 3.63) is 121 Å². The summed E-state index contributed by atoms with van der Waals surface area (Å²) in [5.41, 5.74) is 8.46. The second-order valence-electron chi connectivity index (χ2n) is 13.0. The van der Waals surface area contributed by atoms with Gasteiger partial charge in [0.15, 0.2) is 18.0 Å². The van der Waals surface area contributed by atoms with Gasteiger partial charge >= 0.3 is 0 Å². The first-order valence-corrected chi connectivity index (χ1v) is 14.5. The molecule has 9 rings (SSSR count). The Labute approximate surface area is 267 Å². The fourth-order valence-corrected chi connectivity index (χ4v) is 6.87. The Morgan fingerprint density at radius 2 is 1.65 bits per heavy atom. The summed E-state index contributed by atoms with van der Waals surface area (Å²) in [5, 5.41) is 2.28. The molecule has 6 heteroatoms. The van der Waals surface area contributed by atoms with E-state index in [4.69, 9.17) is 4.74 Å². The fraction of sp³-hybridized carbons (Fsp3) is 0.189. The third-order valence-electron chi connectivity index (χ3n) is 8.85. The van der Waals surface area contributed by atoms with Crippen LogP contribution in [0.25, 0.3) is 27.6 Å². The molecule has 2 bridgehead atoms. The number of quaternary nitrogens is 2. The third kappa shape index (κ3) is 4.21. The Morgan fingerprint density at radius 1 is 0.860 bits per heavy atom. The quantitative estimate of drug-likeness (QED) is 0.133. The molecule has 0 radical (unpaired) electrons. The van der Waals surface area contributed by atoms with E-state index < -0.39 is 0 Å². The van der Waals surface area contributed by atoms with E-state index in [2.05, 4.69) is 124 Å². The number of benzene rings is 4. The first-order valence-electron chi connectivity index (χ1n) is 14.5. The van der Waals surface area contributed by atoms with E-state index in [1.807, 2.05) is 30.5 Å². The van der Waals surface area contributed by atoms with Crippen LogP contribution in [0.15, 0.2) is 91.1 Å². The fourth-order valence-electron chi connectivity index (χ4n) is 6.87. The second-order valence-corrected chi connectivity index (χ2v) is 13.0. The van der Waals surface area contributed by atoms with Crippen LogP contribution in [0.1, 0.15) is 31.9 Å². The predicted octanol–water partition coefficient (Wildman–Crippen LogP) is 8.85. The number of hydrogen-bond donors (Lipinski definition) is 0. The van der Waals surface area contributed by atoms with Crippen LogP contribution >= 0.6 is 0 Å². The summed E-state index contributed by atoms with van der Waals surface area (Å²) in [6.45, 7) is 12.3. The minimum atomic E-state index is 0. The van der Waals surface area contributed by atoms with Crippen molar-refractivity contribution in [2.45, 2.75) is 33.1 Å². The number of fused-ring (bicyclic) bond motifs is 3. The Balaban J connectivity index is 0.00000300. The zero-order valence-corrected chi connectivity index (χ0v) is 27.2. The van der Waals surface area contributed by atoms with Crippen LogP contribution in [0.5, 0.6) is 11.5 Å². The maximum atomic E-state index is 6.52. The molecule has 218 valence electrons. The van der Waals surface area contributed by atoms with Gasteiger partial charge in [-0.2, -0.15) is 11.6 Å². The van der Waals surface area contributed by atoms with Gasteiger partial charge in [-0.15, -0.1) is 29.7 Å². The number of nitrogens with zero attached hydrogens (tertiary/aromatic N) is 4. The van der Waals surface area contributed by atoms with Crippen molar-refractivity contribution in [3.63, 3.8) is 0 Å². The Bertz CT molecular complexity index is 2030. The van der Waals surface area contributed by atoms with Gasteiger partial charge in [0.2, 0.25) is 0 Å². The number of ether oxygens (including phenoxy) is 1. The number of rotatable bonds is 4. The van der Waals surface area contributed by atoms with E-state index in [1.165, 1.54) is 16.9 Å². The molecule has 3 aliphatic rings. The topological polar surface area (TPSA) is 27.1 Å². The first kappa shape index (κ1) is 28.0. The predicted molar refractivity (Wildman–Crippen MR) is 171 cm³/mol. The van der Waals surface area contributed by atoms with E-state index in [0.29, 0.717) is 16.0 Å². The van der Waals surface area contributed by atoms with Crippen LogP contribution in [0.4, 0.5) is 17.1 Å². The van der Waals surface area contributed by atoms with E-state index in [1.54, 1.807) is 0 Å². The number of aryl methyl sites for hydroxylation is 1. The molecule has 0 unspecified atom stereocenters. The molecular weight excluding hydrogens is 712 g/mol. The number of hydrogen-bond acceptors (Lipinski definition) is 2. The molecule has 5 heterocycles.